The van der Waals surface area contributed by atoms with E-state index in [4.69, 9.17) is 4.52 Å². The lowest BCUT2D eigenvalue weighted by molar-refractivity contribution is -0.132. The molecule has 150 valence electrons. The highest BCUT2D eigenvalue weighted by molar-refractivity contribution is 5.79. The molecule has 4 rings (SSSR count). The van der Waals surface area contributed by atoms with E-state index in [0.29, 0.717) is 35.9 Å². The summed E-state index contributed by atoms with van der Waals surface area (Å²) in [4.78, 5) is 23.9. The van der Waals surface area contributed by atoms with Gasteiger partial charge in [-0.2, -0.15) is 4.98 Å². The van der Waals surface area contributed by atoms with Crippen molar-refractivity contribution in [1.82, 2.24) is 19.9 Å². The van der Waals surface area contributed by atoms with Crippen LogP contribution in [0.5, 0.6) is 0 Å². The number of hydrogen-bond acceptors (Lipinski definition) is 6. The molecule has 0 aromatic carbocycles. The van der Waals surface area contributed by atoms with Gasteiger partial charge >= 0.3 is 6.01 Å². The maximum atomic E-state index is 12.3. The number of amides is 1. The highest BCUT2D eigenvalue weighted by atomic mass is 16.5. The molecule has 0 N–H and O–H groups in total. The number of anilines is 1. The molecule has 0 saturated carbocycles. The average Bonchev–Trinajstić information content (AvgIpc) is 3.19. The number of aromatic nitrogens is 2. The summed E-state index contributed by atoms with van der Waals surface area (Å²) in [5.41, 5.74) is 0. The summed E-state index contributed by atoms with van der Waals surface area (Å²) in [5.74, 6) is 1.09. The number of piperidine rings is 1. The summed E-state index contributed by atoms with van der Waals surface area (Å²) < 4.78 is 5.36. The third kappa shape index (κ3) is 3.98. The van der Waals surface area contributed by atoms with Crippen molar-refractivity contribution in [3.8, 4) is 0 Å². The molecule has 0 bridgehead atoms. The van der Waals surface area contributed by atoms with Crippen molar-refractivity contribution in [3.05, 3.63) is 5.82 Å². The number of carbonyl (C=O) groups is 1. The summed E-state index contributed by atoms with van der Waals surface area (Å²) >= 11 is 0. The van der Waals surface area contributed by atoms with Crippen LogP contribution in [-0.4, -0.2) is 70.2 Å². The molecule has 0 spiro atoms. The van der Waals surface area contributed by atoms with Crippen LogP contribution in [0.1, 0.15) is 64.1 Å². The first-order chi connectivity index (χ1) is 13.2. The summed E-state index contributed by atoms with van der Waals surface area (Å²) in [6, 6.07) is 2.25. The van der Waals surface area contributed by atoms with Crippen molar-refractivity contribution in [3.63, 3.8) is 0 Å². The number of likely N-dealkylation sites (tertiary alicyclic amines) is 2. The zero-order valence-corrected chi connectivity index (χ0v) is 16.8. The van der Waals surface area contributed by atoms with Crippen LogP contribution >= 0.6 is 0 Å². The molecular formula is C20H33N5O2. The molecule has 0 radical (unpaired) electrons. The molecule has 1 aromatic heterocycles. The minimum atomic E-state index is 0.389. The lowest BCUT2D eigenvalue weighted by Crippen LogP contribution is -2.50. The van der Waals surface area contributed by atoms with Gasteiger partial charge in [-0.25, -0.2) is 0 Å². The van der Waals surface area contributed by atoms with E-state index < -0.39 is 0 Å². The fourth-order valence-corrected chi connectivity index (χ4v) is 5.24. The zero-order chi connectivity index (χ0) is 18.8. The fraction of sp³-hybridized carbons (Fsp3) is 0.850. The summed E-state index contributed by atoms with van der Waals surface area (Å²) in [6.07, 6.45) is 8.71. The van der Waals surface area contributed by atoms with Gasteiger partial charge in [-0.05, 0) is 51.9 Å². The maximum absolute atomic E-state index is 12.3. The number of hydrogen-bond donors (Lipinski definition) is 0. The molecular weight excluding hydrogens is 342 g/mol. The first-order valence-electron chi connectivity index (χ1n) is 10.8. The molecule has 3 saturated heterocycles. The molecule has 0 aliphatic carbocycles. The zero-order valence-electron chi connectivity index (χ0n) is 16.8. The Kier molecular flexibility index (Phi) is 5.66. The molecule has 1 amide bonds. The van der Waals surface area contributed by atoms with Crippen molar-refractivity contribution in [2.45, 2.75) is 83.3 Å². The first kappa shape index (κ1) is 18.7. The van der Waals surface area contributed by atoms with Gasteiger partial charge in [0.05, 0.1) is 0 Å². The molecule has 1 aromatic rings. The van der Waals surface area contributed by atoms with Crippen LogP contribution in [0.4, 0.5) is 6.01 Å². The molecule has 3 aliphatic heterocycles. The third-order valence-electron chi connectivity index (χ3n) is 6.74. The van der Waals surface area contributed by atoms with Gasteiger partial charge in [0.2, 0.25) is 5.91 Å². The van der Waals surface area contributed by atoms with Crippen molar-refractivity contribution >= 4 is 11.9 Å². The van der Waals surface area contributed by atoms with E-state index in [1.54, 1.807) is 0 Å². The second kappa shape index (κ2) is 8.17. The molecule has 27 heavy (non-hydrogen) atoms. The molecule has 7 heteroatoms. The van der Waals surface area contributed by atoms with Crippen molar-refractivity contribution in [1.29, 1.82) is 0 Å². The van der Waals surface area contributed by atoms with Gasteiger partial charge in [0.1, 0.15) is 0 Å². The van der Waals surface area contributed by atoms with Crippen molar-refractivity contribution in [2.24, 2.45) is 0 Å². The van der Waals surface area contributed by atoms with Crippen LogP contribution in [0, 0.1) is 6.92 Å². The van der Waals surface area contributed by atoms with E-state index in [1.807, 2.05) is 6.92 Å². The van der Waals surface area contributed by atoms with E-state index in [2.05, 4.69) is 31.8 Å². The molecule has 3 fully saturated rings. The lowest BCUT2D eigenvalue weighted by atomic mass is 9.98. The third-order valence-corrected chi connectivity index (χ3v) is 6.74. The van der Waals surface area contributed by atoms with Gasteiger partial charge in [0, 0.05) is 50.7 Å². The minimum absolute atomic E-state index is 0.389. The molecule has 1 unspecified atom stereocenters. The Morgan fingerprint density at radius 1 is 1.04 bits per heavy atom. The number of carbonyl (C=O) groups excluding carboxylic acids is 1. The van der Waals surface area contributed by atoms with Gasteiger partial charge < -0.3 is 19.2 Å². The quantitative estimate of drug-likeness (QED) is 0.806. The van der Waals surface area contributed by atoms with Gasteiger partial charge in [0.15, 0.2) is 5.82 Å². The average molecular weight is 376 g/mol. The van der Waals surface area contributed by atoms with Crippen LogP contribution in [0.15, 0.2) is 4.52 Å². The highest BCUT2D eigenvalue weighted by Gasteiger charge is 2.37. The van der Waals surface area contributed by atoms with Crippen LogP contribution in [-0.2, 0) is 4.79 Å². The Hall–Kier alpha value is -1.63. The predicted octanol–water partition coefficient (Wildman–Crippen LogP) is 2.60. The Morgan fingerprint density at radius 2 is 1.81 bits per heavy atom. The van der Waals surface area contributed by atoms with Crippen LogP contribution in [0.3, 0.4) is 0 Å². The number of aryl methyl sites for hydroxylation is 1. The standard InChI is InChI=1S/C20H33N5O2/c1-3-16-6-7-19(26)25(16)18-9-12-23(13-10-18)17-5-4-11-24(14-8-17)20-21-15(2)22-27-20/h16-18H,3-14H2,1-2H3/t16-,17?/m0/s1. The molecule has 7 nitrogen and oxygen atoms in total. The molecule has 2 atom stereocenters. The second-order valence-corrected chi connectivity index (χ2v) is 8.36. The largest absolute Gasteiger partial charge is 0.337 e. The summed E-state index contributed by atoms with van der Waals surface area (Å²) in [7, 11) is 0. The van der Waals surface area contributed by atoms with Crippen LogP contribution in [0.25, 0.3) is 0 Å². The monoisotopic (exact) mass is 375 g/mol. The van der Waals surface area contributed by atoms with Crippen molar-refractivity contribution in [2.75, 3.05) is 31.1 Å². The van der Waals surface area contributed by atoms with E-state index in [0.717, 1.165) is 71.1 Å². The Labute approximate surface area is 162 Å². The van der Waals surface area contributed by atoms with Crippen LogP contribution in [0.2, 0.25) is 0 Å². The topological polar surface area (TPSA) is 65.7 Å². The van der Waals surface area contributed by atoms with Gasteiger partial charge in [-0.1, -0.05) is 12.1 Å². The van der Waals surface area contributed by atoms with Gasteiger partial charge in [0.25, 0.3) is 0 Å². The smallest absolute Gasteiger partial charge is 0.324 e. The van der Waals surface area contributed by atoms with E-state index in [9.17, 15) is 4.79 Å². The fourth-order valence-electron chi connectivity index (χ4n) is 5.24. The summed E-state index contributed by atoms with van der Waals surface area (Å²) in [5, 5.41) is 3.93. The van der Waals surface area contributed by atoms with E-state index in [1.165, 1.54) is 6.42 Å². The van der Waals surface area contributed by atoms with Gasteiger partial charge in [-0.15, -0.1) is 0 Å². The first-order valence-corrected chi connectivity index (χ1v) is 10.8. The number of nitrogens with zero attached hydrogens (tertiary/aromatic N) is 5. The maximum Gasteiger partial charge on any atom is 0.324 e. The number of rotatable bonds is 4. The Morgan fingerprint density at radius 3 is 2.52 bits per heavy atom. The normalized spacial score (nSPS) is 28.7. The Balaban J connectivity index is 1.30. The van der Waals surface area contributed by atoms with E-state index in [-0.39, 0.29) is 0 Å². The predicted molar refractivity (Wildman–Crippen MR) is 104 cm³/mol. The second-order valence-electron chi connectivity index (χ2n) is 8.36. The SMILES string of the molecule is CC[C@H]1CCC(=O)N1C1CCN(C2CCCN(c3nc(C)no3)CC2)CC1. The lowest BCUT2D eigenvalue weighted by Gasteiger charge is -2.42. The summed E-state index contributed by atoms with van der Waals surface area (Å²) in [6.45, 7) is 8.30. The van der Waals surface area contributed by atoms with Crippen LogP contribution < -0.4 is 4.90 Å². The van der Waals surface area contributed by atoms with E-state index >= 15 is 0 Å². The Bertz CT molecular complexity index is 640. The van der Waals surface area contributed by atoms with Gasteiger partial charge in [-0.3, -0.25) is 4.79 Å². The minimum Gasteiger partial charge on any atom is -0.337 e. The highest BCUT2D eigenvalue weighted by Crippen LogP contribution is 2.30. The molecule has 4 heterocycles. The molecule has 3 aliphatic rings. The van der Waals surface area contributed by atoms with Crippen molar-refractivity contribution < 1.29 is 9.32 Å².